The van der Waals surface area contributed by atoms with Crippen LogP contribution in [0, 0.1) is 0 Å². The molecule has 0 radical (unpaired) electrons. The van der Waals surface area contributed by atoms with Crippen molar-refractivity contribution in [2.24, 2.45) is 0 Å². The van der Waals surface area contributed by atoms with E-state index in [0.717, 1.165) is 16.9 Å². The summed E-state index contributed by atoms with van der Waals surface area (Å²) in [5.74, 6) is 0.406. The third kappa shape index (κ3) is 4.25. The molecule has 0 spiro atoms. The fourth-order valence-corrected chi connectivity index (χ4v) is 2.83. The number of aromatic nitrogens is 2. The molecule has 0 atom stereocenters. The number of esters is 1. The Hall–Kier alpha value is -3.35. The zero-order valence-electron chi connectivity index (χ0n) is 15.3. The van der Waals surface area contributed by atoms with Crippen LogP contribution in [0.2, 0.25) is 0 Å². The molecule has 0 aliphatic heterocycles. The van der Waals surface area contributed by atoms with Gasteiger partial charge in [-0.1, -0.05) is 31.2 Å². The summed E-state index contributed by atoms with van der Waals surface area (Å²) in [6.07, 6.45) is 0.691. The lowest BCUT2D eigenvalue weighted by Gasteiger charge is -2.11. The zero-order chi connectivity index (χ0) is 19.2. The number of anilines is 1. The van der Waals surface area contributed by atoms with Crippen LogP contribution in [0.5, 0.6) is 5.75 Å². The number of imidazole rings is 1. The quantitative estimate of drug-likeness (QED) is 0.649. The van der Waals surface area contributed by atoms with Crippen molar-refractivity contribution in [3.05, 3.63) is 54.4 Å². The van der Waals surface area contributed by atoms with Crippen molar-refractivity contribution in [2.45, 2.75) is 19.9 Å². The maximum Gasteiger partial charge on any atom is 0.326 e. The van der Waals surface area contributed by atoms with Crippen LogP contribution in [0.25, 0.3) is 11.0 Å². The van der Waals surface area contributed by atoms with Gasteiger partial charge in [0.1, 0.15) is 18.1 Å². The Bertz CT molecular complexity index is 965. The smallest absolute Gasteiger partial charge is 0.326 e. The molecule has 0 fully saturated rings. The van der Waals surface area contributed by atoms with E-state index in [2.05, 4.69) is 10.3 Å². The van der Waals surface area contributed by atoms with Gasteiger partial charge in [-0.05, 0) is 24.3 Å². The monoisotopic (exact) mass is 367 g/mol. The summed E-state index contributed by atoms with van der Waals surface area (Å²) in [6, 6.07) is 14.6. The van der Waals surface area contributed by atoms with E-state index in [0.29, 0.717) is 17.9 Å². The summed E-state index contributed by atoms with van der Waals surface area (Å²) < 4.78 is 12.1. The first-order valence-electron chi connectivity index (χ1n) is 8.65. The van der Waals surface area contributed by atoms with Crippen molar-refractivity contribution >= 4 is 28.6 Å². The van der Waals surface area contributed by atoms with Gasteiger partial charge in [0, 0.05) is 6.42 Å². The standard InChI is InChI=1S/C20H21N3O4/c1-3-18-21-14-8-4-6-10-16(14)23(18)12-20(25)27-13-19(24)22-15-9-5-7-11-17(15)26-2/h4-11H,3,12-13H2,1-2H3,(H,22,24). The molecule has 0 bridgehead atoms. The van der Waals surface area contributed by atoms with Crippen LogP contribution >= 0.6 is 0 Å². The minimum Gasteiger partial charge on any atom is -0.495 e. The number of ether oxygens (including phenoxy) is 2. The number of amides is 1. The van der Waals surface area contributed by atoms with Crippen molar-refractivity contribution in [2.75, 3.05) is 19.0 Å². The first-order valence-corrected chi connectivity index (χ1v) is 8.65. The number of nitrogens with zero attached hydrogens (tertiary/aromatic N) is 2. The van der Waals surface area contributed by atoms with E-state index in [1.54, 1.807) is 24.3 Å². The molecule has 140 valence electrons. The van der Waals surface area contributed by atoms with Gasteiger partial charge in [0.05, 0.1) is 23.8 Å². The molecule has 0 aliphatic rings. The van der Waals surface area contributed by atoms with Gasteiger partial charge in [-0.15, -0.1) is 0 Å². The molecule has 1 N–H and O–H groups in total. The van der Waals surface area contributed by atoms with Crippen molar-refractivity contribution in [1.29, 1.82) is 0 Å². The van der Waals surface area contributed by atoms with Gasteiger partial charge in [-0.25, -0.2) is 4.98 Å². The molecule has 0 aliphatic carbocycles. The Balaban J connectivity index is 1.61. The molecule has 0 saturated carbocycles. The molecule has 2 aromatic carbocycles. The predicted molar refractivity (Wildman–Crippen MR) is 102 cm³/mol. The van der Waals surface area contributed by atoms with E-state index in [4.69, 9.17) is 9.47 Å². The minimum absolute atomic E-state index is 0.00558. The normalized spacial score (nSPS) is 10.6. The molecule has 3 rings (SSSR count). The maximum absolute atomic E-state index is 12.2. The van der Waals surface area contributed by atoms with Crippen molar-refractivity contribution in [3.63, 3.8) is 0 Å². The Morgan fingerprint density at radius 2 is 1.85 bits per heavy atom. The number of aryl methyl sites for hydroxylation is 1. The summed E-state index contributed by atoms with van der Waals surface area (Å²) in [7, 11) is 1.52. The van der Waals surface area contributed by atoms with Gasteiger partial charge < -0.3 is 19.4 Å². The van der Waals surface area contributed by atoms with Gasteiger partial charge in [0.15, 0.2) is 6.61 Å². The number of methoxy groups -OCH3 is 1. The second-order valence-electron chi connectivity index (χ2n) is 5.87. The molecular weight excluding hydrogens is 346 g/mol. The molecular formula is C20H21N3O4. The Kier molecular flexibility index (Phi) is 5.71. The zero-order valence-corrected chi connectivity index (χ0v) is 15.3. The average Bonchev–Trinajstić information content (AvgIpc) is 3.04. The summed E-state index contributed by atoms with van der Waals surface area (Å²) in [5.41, 5.74) is 2.22. The topological polar surface area (TPSA) is 82.5 Å². The molecule has 0 unspecified atom stereocenters. The Morgan fingerprint density at radius 3 is 2.63 bits per heavy atom. The number of benzene rings is 2. The van der Waals surface area contributed by atoms with Crippen LogP contribution in [-0.4, -0.2) is 35.1 Å². The largest absolute Gasteiger partial charge is 0.495 e. The minimum atomic E-state index is -0.497. The number of fused-ring (bicyclic) bond motifs is 1. The van der Waals surface area contributed by atoms with E-state index in [-0.39, 0.29) is 13.2 Å². The highest BCUT2D eigenvalue weighted by Crippen LogP contribution is 2.22. The van der Waals surface area contributed by atoms with Crippen LogP contribution in [0.1, 0.15) is 12.7 Å². The highest BCUT2D eigenvalue weighted by atomic mass is 16.5. The summed E-state index contributed by atoms with van der Waals surface area (Å²) in [6.45, 7) is 1.61. The lowest BCUT2D eigenvalue weighted by molar-refractivity contribution is -0.147. The first kappa shape index (κ1) is 18.4. The fourth-order valence-electron chi connectivity index (χ4n) is 2.83. The lowest BCUT2D eigenvalue weighted by atomic mass is 10.3. The third-order valence-corrected chi connectivity index (χ3v) is 4.08. The van der Waals surface area contributed by atoms with E-state index in [1.165, 1.54) is 7.11 Å². The summed E-state index contributed by atoms with van der Waals surface area (Å²) >= 11 is 0. The number of hydrogen-bond donors (Lipinski definition) is 1. The maximum atomic E-state index is 12.2. The highest BCUT2D eigenvalue weighted by Gasteiger charge is 2.15. The van der Waals surface area contributed by atoms with E-state index in [1.807, 2.05) is 35.8 Å². The average molecular weight is 367 g/mol. The number of para-hydroxylation sites is 4. The van der Waals surface area contributed by atoms with Gasteiger partial charge >= 0.3 is 5.97 Å². The van der Waals surface area contributed by atoms with Gasteiger partial charge in [0.2, 0.25) is 0 Å². The number of hydrogen-bond acceptors (Lipinski definition) is 5. The fraction of sp³-hybridized carbons (Fsp3) is 0.250. The second kappa shape index (κ2) is 8.35. The van der Waals surface area contributed by atoms with E-state index in [9.17, 15) is 9.59 Å². The van der Waals surface area contributed by atoms with Gasteiger partial charge in [-0.2, -0.15) is 0 Å². The van der Waals surface area contributed by atoms with Crippen LogP contribution in [0.15, 0.2) is 48.5 Å². The predicted octanol–water partition coefficient (Wildman–Crippen LogP) is 2.79. The number of nitrogens with one attached hydrogen (secondary N) is 1. The van der Waals surface area contributed by atoms with Gasteiger partial charge in [0.25, 0.3) is 5.91 Å². The molecule has 7 heteroatoms. The molecule has 1 aromatic heterocycles. The summed E-state index contributed by atoms with van der Waals surface area (Å²) in [5, 5.41) is 2.67. The van der Waals surface area contributed by atoms with Crippen molar-refractivity contribution in [1.82, 2.24) is 9.55 Å². The number of carbonyl (C=O) groups is 2. The Labute approximate surface area is 156 Å². The Morgan fingerprint density at radius 1 is 1.11 bits per heavy atom. The number of carbonyl (C=O) groups excluding carboxylic acids is 2. The first-order chi connectivity index (χ1) is 13.1. The molecule has 27 heavy (non-hydrogen) atoms. The van der Waals surface area contributed by atoms with Crippen LogP contribution in [0.4, 0.5) is 5.69 Å². The van der Waals surface area contributed by atoms with Crippen molar-refractivity contribution in [3.8, 4) is 5.75 Å². The SMILES string of the molecule is CCc1nc2ccccc2n1CC(=O)OCC(=O)Nc1ccccc1OC. The van der Waals surface area contributed by atoms with E-state index < -0.39 is 11.9 Å². The molecule has 0 saturated heterocycles. The van der Waals surface area contributed by atoms with Crippen LogP contribution in [-0.2, 0) is 27.3 Å². The van der Waals surface area contributed by atoms with Crippen LogP contribution in [0.3, 0.4) is 0 Å². The summed E-state index contributed by atoms with van der Waals surface area (Å²) in [4.78, 5) is 28.8. The second-order valence-corrected chi connectivity index (χ2v) is 5.87. The molecule has 1 heterocycles. The highest BCUT2D eigenvalue weighted by molar-refractivity contribution is 5.94. The van der Waals surface area contributed by atoms with Crippen molar-refractivity contribution < 1.29 is 19.1 Å². The van der Waals surface area contributed by atoms with Crippen LogP contribution < -0.4 is 10.1 Å². The third-order valence-electron chi connectivity index (χ3n) is 4.08. The molecule has 7 nitrogen and oxygen atoms in total. The molecule has 3 aromatic rings. The van der Waals surface area contributed by atoms with Gasteiger partial charge in [-0.3, -0.25) is 9.59 Å². The van der Waals surface area contributed by atoms with E-state index >= 15 is 0 Å². The molecule has 1 amide bonds. The number of rotatable bonds is 7. The lowest BCUT2D eigenvalue weighted by Crippen LogP contribution is -2.23.